The van der Waals surface area contributed by atoms with Crippen LogP contribution >= 0.6 is 0 Å². The molecule has 3 N–H and O–H groups in total. The minimum atomic E-state index is -0.506. The van der Waals surface area contributed by atoms with Crippen LogP contribution in [0.5, 0.6) is 0 Å². The molecule has 3 aromatic rings. The predicted octanol–water partition coefficient (Wildman–Crippen LogP) is 4.62. The molecule has 0 radical (unpaired) electrons. The Morgan fingerprint density at radius 2 is 1.12 bits per heavy atom. The molecule has 0 unspecified atom stereocenters. The molecular weight excluding hydrogens is 308 g/mol. The molecule has 0 aliphatic carbocycles. The van der Waals surface area contributed by atoms with Gasteiger partial charge in [-0.25, -0.2) is 4.79 Å². The Kier molecular flexibility index (Phi) is 5.47. The molecule has 0 aliphatic heterocycles. The summed E-state index contributed by atoms with van der Waals surface area (Å²) in [6.45, 7) is 0. The normalized spacial score (nSPS) is 11.9. The van der Waals surface area contributed by atoms with Crippen molar-refractivity contribution in [3.05, 3.63) is 108 Å². The third-order valence-corrected chi connectivity index (χ3v) is 4.39. The van der Waals surface area contributed by atoms with Crippen molar-refractivity contribution in [2.45, 2.75) is 18.4 Å². The third-order valence-electron chi connectivity index (χ3n) is 4.39. The van der Waals surface area contributed by atoms with Crippen molar-refractivity contribution < 1.29 is 4.79 Å². The number of primary amides is 1. The van der Waals surface area contributed by atoms with Gasteiger partial charge in [-0.3, -0.25) is 0 Å². The summed E-state index contributed by atoms with van der Waals surface area (Å²) >= 11 is 0. The smallest absolute Gasteiger partial charge is 0.312 e. The Hall–Kier alpha value is -3.07. The summed E-state index contributed by atoms with van der Waals surface area (Å²) in [4.78, 5) is 11.5. The molecule has 0 saturated heterocycles. The van der Waals surface area contributed by atoms with Gasteiger partial charge in [-0.2, -0.15) is 0 Å². The first-order valence-electron chi connectivity index (χ1n) is 8.45. The van der Waals surface area contributed by atoms with E-state index in [-0.39, 0.29) is 12.0 Å². The number of benzene rings is 3. The van der Waals surface area contributed by atoms with Crippen molar-refractivity contribution in [2.75, 3.05) is 0 Å². The van der Waals surface area contributed by atoms with Crippen LogP contribution in [0.4, 0.5) is 4.79 Å². The Morgan fingerprint density at radius 1 is 0.720 bits per heavy atom. The van der Waals surface area contributed by atoms with Crippen LogP contribution in [0, 0.1) is 0 Å². The van der Waals surface area contributed by atoms with Gasteiger partial charge in [0.15, 0.2) is 0 Å². The fraction of sp³-hybridized carbons (Fsp3) is 0.136. The third kappa shape index (κ3) is 4.48. The molecule has 1 atom stereocenters. The lowest BCUT2D eigenvalue weighted by Crippen LogP contribution is -2.34. The molecule has 0 aliphatic rings. The maximum absolute atomic E-state index is 11.5. The van der Waals surface area contributed by atoms with Gasteiger partial charge in [-0.05, 0) is 23.1 Å². The van der Waals surface area contributed by atoms with Crippen LogP contribution in [-0.2, 0) is 0 Å². The average molecular weight is 330 g/mol. The fourth-order valence-electron chi connectivity index (χ4n) is 3.21. The van der Waals surface area contributed by atoms with E-state index < -0.39 is 6.03 Å². The summed E-state index contributed by atoms with van der Waals surface area (Å²) in [6, 6.07) is 30.0. The molecule has 0 saturated carbocycles. The van der Waals surface area contributed by atoms with Crippen molar-refractivity contribution in [1.29, 1.82) is 0 Å². The number of hydrogen-bond donors (Lipinski definition) is 2. The monoisotopic (exact) mass is 330 g/mol. The van der Waals surface area contributed by atoms with E-state index in [9.17, 15) is 4.79 Å². The molecule has 25 heavy (non-hydrogen) atoms. The molecule has 126 valence electrons. The maximum atomic E-state index is 11.5. The van der Waals surface area contributed by atoms with Gasteiger partial charge in [-0.1, -0.05) is 91.0 Å². The SMILES string of the molecule is NC(=O)N[C@@H](CC(c1ccccc1)c1ccccc1)c1ccccc1. The van der Waals surface area contributed by atoms with E-state index in [1.807, 2.05) is 66.7 Å². The van der Waals surface area contributed by atoms with E-state index in [1.54, 1.807) is 0 Å². The number of rotatable bonds is 6. The van der Waals surface area contributed by atoms with Crippen molar-refractivity contribution in [1.82, 2.24) is 5.32 Å². The summed E-state index contributed by atoms with van der Waals surface area (Å²) in [7, 11) is 0. The first kappa shape index (κ1) is 16.8. The van der Waals surface area contributed by atoms with Gasteiger partial charge in [-0.15, -0.1) is 0 Å². The zero-order valence-corrected chi connectivity index (χ0v) is 14.0. The second-order valence-corrected chi connectivity index (χ2v) is 6.08. The van der Waals surface area contributed by atoms with Crippen LogP contribution in [0.2, 0.25) is 0 Å². The molecule has 0 aromatic heterocycles. The van der Waals surface area contributed by atoms with Crippen LogP contribution in [0.15, 0.2) is 91.0 Å². The van der Waals surface area contributed by atoms with Crippen molar-refractivity contribution >= 4 is 6.03 Å². The first-order chi connectivity index (χ1) is 12.2. The molecule has 0 fully saturated rings. The Labute approximate surface area is 148 Å². The topological polar surface area (TPSA) is 55.1 Å². The lowest BCUT2D eigenvalue weighted by molar-refractivity contribution is 0.244. The number of carbonyl (C=O) groups is 1. The molecule has 0 spiro atoms. The summed E-state index contributed by atoms with van der Waals surface area (Å²) in [5, 5.41) is 2.91. The maximum Gasteiger partial charge on any atom is 0.312 e. The summed E-state index contributed by atoms with van der Waals surface area (Å²) in [5.74, 6) is 0.166. The van der Waals surface area contributed by atoms with Crippen LogP contribution < -0.4 is 11.1 Å². The number of hydrogen-bond acceptors (Lipinski definition) is 1. The van der Waals surface area contributed by atoms with E-state index >= 15 is 0 Å². The van der Waals surface area contributed by atoms with Crippen LogP contribution in [-0.4, -0.2) is 6.03 Å². The number of amides is 2. The van der Waals surface area contributed by atoms with E-state index in [1.165, 1.54) is 11.1 Å². The van der Waals surface area contributed by atoms with Gasteiger partial charge in [0.1, 0.15) is 0 Å². The van der Waals surface area contributed by atoms with E-state index in [0.717, 1.165) is 12.0 Å². The standard InChI is InChI=1S/C22H22N2O/c23-22(25)24-21(19-14-8-3-9-15-19)16-20(17-10-4-1-5-11-17)18-12-6-2-7-13-18/h1-15,20-21H,16H2,(H3,23,24,25)/t21-/m0/s1. The zero-order valence-electron chi connectivity index (χ0n) is 14.0. The molecular formula is C22H22N2O. The highest BCUT2D eigenvalue weighted by Gasteiger charge is 2.22. The Bertz CT molecular complexity index is 749. The quantitative estimate of drug-likeness (QED) is 0.681. The molecule has 3 heteroatoms. The average Bonchev–Trinajstić information content (AvgIpc) is 2.67. The van der Waals surface area contributed by atoms with Crippen molar-refractivity contribution in [3.8, 4) is 0 Å². The summed E-state index contributed by atoms with van der Waals surface area (Å²) in [6.07, 6.45) is 0.737. The van der Waals surface area contributed by atoms with Gasteiger partial charge < -0.3 is 11.1 Å². The lowest BCUT2D eigenvalue weighted by atomic mass is 9.84. The Balaban J connectivity index is 1.96. The van der Waals surface area contributed by atoms with Crippen molar-refractivity contribution in [2.24, 2.45) is 5.73 Å². The minimum Gasteiger partial charge on any atom is -0.352 e. The minimum absolute atomic E-state index is 0.149. The van der Waals surface area contributed by atoms with Gasteiger partial charge in [0.05, 0.1) is 6.04 Å². The number of carbonyl (C=O) groups excluding carboxylic acids is 1. The highest BCUT2D eigenvalue weighted by Crippen LogP contribution is 2.33. The number of nitrogens with two attached hydrogens (primary N) is 1. The van der Waals surface area contributed by atoms with Gasteiger partial charge in [0.2, 0.25) is 0 Å². The lowest BCUT2D eigenvalue weighted by Gasteiger charge is -2.25. The number of nitrogens with one attached hydrogen (secondary N) is 1. The largest absolute Gasteiger partial charge is 0.352 e. The van der Waals surface area contributed by atoms with Crippen molar-refractivity contribution in [3.63, 3.8) is 0 Å². The molecule has 3 nitrogen and oxygen atoms in total. The summed E-state index contributed by atoms with van der Waals surface area (Å²) in [5.41, 5.74) is 8.93. The molecule has 3 aromatic carbocycles. The second-order valence-electron chi connectivity index (χ2n) is 6.08. The van der Waals surface area contributed by atoms with Crippen LogP contribution in [0.25, 0.3) is 0 Å². The fourth-order valence-corrected chi connectivity index (χ4v) is 3.21. The Morgan fingerprint density at radius 3 is 1.52 bits per heavy atom. The second kappa shape index (κ2) is 8.15. The van der Waals surface area contributed by atoms with Gasteiger partial charge >= 0.3 is 6.03 Å². The molecule has 3 rings (SSSR count). The molecule has 0 bridgehead atoms. The van der Waals surface area contributed by atoms with Crippen LogP contribution in [0.1, 0.15) is 35.1 Å². The molecule has 2 amide bonds. The van der Waals surface area contributed by atoms with E-state index in [0.29, 0.717) is 0 Å². The highest BCUT2D eigenvalue weighted by molar-refractivity contribution is 5.72. The predicted molar refractivity (Wildman–Crippen MR) is 101 cm³/mol. The van der Waals surface area contributed by atoms with E-state index in [2.05, 4.69) is 29.6 Å². The van der Waals surface area contributed by atoms with E-state index in [4.69, 9.17) is 5.73 Å². The number of urea groups is 1. The summed E-state index contributed by atoms with van der Waals surface area (Å²) < 4.78 is 0. The zero-order chi connectivity index (χ0) is 17.5. The highest BCUT2D eigenvalue weighted by atomic mass is 16.2. The first-order valence-corrected chi connectivity index (χ1v) is 8.45. The van der Waals surface area contributed by atoms with Gasteiger partial charge in [0, 0.05) is 5.92 Å². The van der Waals surface area contributed by atoms with Crippen LogP contribution in [0.3, 0.4) is 0 Å². The van der Waals surface area contributed by atoms with Gasteiger partial charge in [0.25, 0.3) is 0 Å². The molecule has 0 heterocycles.